The number of anilines is 1. The molecule has 1 N–H and O–H groups in total. The summed E-state index contributed by atoms with van der Waals surface area (Å²) in [4.78, 5) is 57.5. The number of amides is 4. The number of nitrogens with zero attached hydrogens (tertiary/aromatic N) is 3. The van der Waals surface area contributed by atoms with Crippen molar-refractivity contribution in [2.75, 3.05) is 24.5 Å². The zero-order chi connectivity index (χ0) is 29.6. The number of rotatable bonds is 7. The zero-order valence-corrected chi connectivity index (χ0v) is 24.5. The maximum absolute atomic E-state index is 14.5. The summed E-state index contributed by atoms with van der Waals surface area (Å²) in [6.45, 7) is 8.41. The second-order valence-corrected chi connectivity index (χ2v) is 12.5. The maximum Gasteiger partial charge on any atom is 0.335 e. The number of carbonyl (C=O) groups is 3. The number of aromatic nitrogens is 1. The van der Waals surface area contributed by atoms with Crippen molar-refractivity contribution in [3.05, 3.63) is 99.5 Å². The van der Waals surface area contributed by atoms with Gasteiger partial charge in [-0.25, -0.2) is 9.69 Å². The number of likely N-dealkylation sites (tertiary alicyclic amines) is 1. The van der Waals surface area contributed by atoms with Crippen molar-refractivity contribution in [2.45, 2.75) is 58.4 Å². The molecule has 8 nitrogen and oxygen atoms in total. The fourth-order valence-corrected chi connectivity index (χ4v) is 7.02. The molecule has 3 atom stereocenters. The lowest BCUT2D eigenvalue weighted by Gasteiger charge is -2.47. The molecule has 0 spiro atoms. The van der Waals surface area contributed by atoms with Gasteiger partial charge in [-0.2, -0.15) is 0 Å². The molecule has 3 aromatic rings. The summed E-state index contributed by atoms with van der Waals surface area (Å²) in [6.07, 6.45) is 1.98. The number of benzene rings is 2. The first-order valence-electron chi connectivity index (χ1n) is 15.0. The van der Waals surface area contributed by atoms with Crippen LogP contribution in [0.25, 0.3) is 0 Å². The molecule has 218 valence electrons. The smallest absolute Gasteiger partial charge is 0.312 e. The number of barbiturate groups is 1. The lowest BCUT2D eigenvalue weighted by Crippen LogP contribution is -2.68. The van der Waals surface area contributed by atoms with Gasteiger partial charge in [-0.15, -0.1) is 0 Å². The van der Waals surface area contributed by atoms with E-state index in [0.29, 0.717) is 31.2 Å². The highest BCUT2D eigenvalue weighted by Crippen LogP contribution is 2.39. The van der Waals surface area contributed by atoms with E-state index >= 15 is 0 Å². The second kappa shape index (κ2) is 11.0. The molecule has 0 aliphatic carbocycles. The summed E-state index contributed by atoms with van der Waals surface area (Å²) >= 11 is 0. The molecule has 3 aliphatic rings. The van der Waals surface area contributed by atoms with Crippen LogP contribution in [-0.4, -0.2) is 46.9 Å². The predicted molar refractivity (Wildman–Crippen MR) is 162 cm³/mol. The Morgan fingerprint density at radius 3 is 2.29 bits per heavy atom. The molecular weight excluding hydrogens is 528 g/mol. The minimum absolute atomic E-state index is 0.0158. The van der Waals surface area contributed by atoms with E-state index in [9.17, 15) is 19.2 Å². The molecule has 42 heavy (non-hydrogen) atoms. The van der Waals surface area contributed by atoms with Gasteiger partial charge in [-0.1, -0.05) is 63.2 Å². The number of hydrogen-bond donors (Lipinski definition) is 1. The summed E-state index contributed by atoms with van der Waals surface area (Å²) in [5, 5.41) is 2.55. The van der Waals surface area contributed by atoms with E-state index in [1.54, 1.807) is 24.3 Å². The van der Waals surface area contributed by atoms with Gasteiger partial charge in [0.1, 0.15) is 5.41 Å². The highest BCUT2D eigenvalue weighted by atomic mass is 16.2. The summed E-state index contributed by atoms with van der Waals surface area (Å²) in [6, 6.07) is 20.1. The SMILES string of the molecule is CCc1ccc(N2C(=O)NC(=O)[C@](Cc3ccc(C(C)C)cc3)(CN3C[C@@H]4C[C@@H](C3)c3cccc(=O)n3C4)C2=O)cc1. The van der Waals surface area contributed by atoms with Crippen molar-refractivity contribution in [1.29, 1.82) is 0 Å². The number of fused-ring (bicyclic) bond motifs is 4. The number of nitrogens with one attached hydrogen (secondary N) is 1. The maximum atomic E-state index is 14.5. The number of aryl methyl sites for hydroxylation is 1. The Hall–Kier alpha value is -4.04. The Morgan fingerprint density at radius 2 is 1.60 bits per heavy atom. The molecule has 2 aromatic carbocycles. The first kappa shape index (κ1) is 28.1. The third-order valence-corrected chi connectivity index (χ3v) is 9.27. The summed E-state index contributed by atoms with van der Waals surface area (Å²) in [5.74, 6) is -0.329. The van der Waals surface area contributed by atoms with E-state index in [1.165, 1.54) is 5.56 Å². The van der Waals surface area contributed by atoms with E-state index in [1.807, 2.05) is 54.0 Å². The van der Waals surface area contributed by atoms with Crippen LogP contribution < -0.4 is 15.8 Å². The monoisotopic (exact) mass is 566 g/mol. The average molecular weight is 567 g/mol. The van der Waals surface area contributed by atoms with Crippen molar-refractivity contribution in [3.63, 3.8) is 0 Å². The van der Waals surface area contributed by atoms with Crippen LogP contribution in [0.15, 0.2) is 71.5 Å². The van der Waals surface area contributed by atoms with Gasteiger partial charge in [0.05, 0.1) is 5.69 Å². The Kier molecular flexibility index (Phi) is 7.35. The zero-order valence-electron chi connectivity index (χ0n) is 24.5. The Morgan fingerprint density at radius 1 is 0.881 bits per heavy atom. The summed E-state index contributed by atoms with van der Waals surface area (Å²) < 4.78 is 1.88. The van der Waals surface area contributed by atoms with Crippen LogP contribution >= 0.6 is 0 Å². The van der Waals surface area contributed by atoms with E-state index < -0.39 is 23.3 Å². The standard InChI is InChI=1S/C34H38N4O4/c1-4-23-10-14-28(15-11-23)38-32(41)34(31(40)35-33(38)42,17-24-8-12-26(13-9-24)22(2)3)21-36-18-25-16-27(20-36)29-6-5-7-30(39)37(29)19-25/h5-15,22,25,27H,4,16-21H2,1-3H3,(H,35,40,42)/t25-,27-,34-/m0/s1. The van der Waals surface area contributed by atoms with Gasteiger partial charge in [-0.05, 0) is 66.0 Å². The lowest BCUT2D eigenvalue weighted by molar-refractivity contribution is -0.144. The molecule has 2 saturated heterocycles. The minimum atomic E-state index is -1.50. The van der Waals surface area contributed by atoms with Gasteiger partial charge in [0, 0.05) is 43.9 Å². The molecule has 1 aromatic heterocycles. The molecular formula is C34H38N4O4. The highest BCUT2D eigenvalue weighted by Gasteiger charge is 2.55. The molecule has 0 saturated carbocycles. The molecule has 0 radical (unpaired) electrons. The number of urea groups is 1. The summed E-state index contributed by atoms with van der Waals surface area (Å²) in [7, 11) is 0. The number of pyridine rings is 1. The number of imide groups is 2. The van der Waals surface area contributed by atoms with Crippen molar-refractivity contribution >= 4 is 23.5 Å². The largest absolute Gasteiger partial charge is 0.335 e. The topological polar surface area (TPSA) is 91.7 Å². The molecule has 6 rings (SSSR count). The Balaban J connectivity index is 1.37. The Bertz CT molecular complexity index is 1580. The third kappa shape index (κ3) is 4.98. The van der Waals surface area contributed by atoms with Gasteiger partial charge in [-0.3, -0.25) is 19.7 Å². The molecule has 4 amide bonds. The van der Waals surface area contributed by atoms with Crippen LogP contribution in [0.1, 0.15) is 61.4 Å². The Labute approximate surface area is 246 Å². The van der Waals surface area contributed by atoms with Crippen LogP contribution in [0.4, 0.5) is 10.5 Å². The van der Waals surface area contributed by atoms with Crippen LogP contribution in [0.5, 0.6) is 0 Å². The number of carbonyl (C=O) groups excluding carboxylic acids is 3. The van der Waals surface area contributed by atoms with Gasteiger partial charge < -0.3 is 9.47 Å². The highest BCUT2D eigenvalue weighted by molar-refractivity contribution is 6.30. The fraction of sp³-hybridized carbons (Fsp3) is 0.412. The molecule has 2 bridgehead atoms. The van der Waals surface area contributed by atoms with Gasteiger partial charge in [0.25, 0.3) is 11.5 Å². The first-order valence-corrected chi connectivity index (χ1v) is 15.0. The van der Waals surface area contributed by atoms with Crippen molar-refractivity contribution < 1.29 is 14.4 Å². The minimum Gasteiger partial charge on any atom is -0.312 e. The molecule has 0 unspecified atom stereocenters. The lowest BCUT2D eigenvalue weighted by atomic mass is 9.75. The van der Waals surface area contributed by atoms with E-state index in [4.69, 9.17) is 0 Å². The summed E-state index contributed by atoms with van der Waals surface area (Å²) in [5.41, 5.74) is 3.11. The first-order chi connectivity index (χ1) is 20.2. The van der Waals surface area contributed by atoms with Crippen LogP contribution in [0, 0.1) is 11.3 Å². The average Bonchev–Trinajstić information content (AvgIpc) is 2.97. The molecule has 2 fully saturated rings. The van der Waals surface area contributed by atoms with Crippen LogP contribution in [0.2, 0.25) is 0 Å². The number of piperidine rings is 1. The van der Waals surface area contributed by atoms with Crippen molar-refractivity contribution in [1.82, 2.24) is 14.8 Å². The fourth-order valence-electron chi connectivity index (χ4n) is 7.02. The van der Waals surface area contributed by atoms with Crippen LogP contribution in [-0.2, 0) is 29.0 Å². The van der Waals surface area contributed by atoms with E-state index in [0.717, 1.165) is 34.6 Å². The molecule has 3 aliphatic heterocycles. The van der Waals surface area contributed by atoms with Gasteiger partial charge in [0.2, 0.25) is 5.91 Å². The normalized spacial score (nSPS) is 24.1. The third-order valence-electron chi connectivity index (χ3n) is 9.27. The van der Waals surface area contributed by atoms with Crippen molar-refractivity contribution in [2.24, 2.45) is 11.3 Å². The van der Waals surface area contributed by atoms with Gasteiger partial charge in [0.15, 0.2) is 0 Å². The molecule has 8 heteroatoms. The number of hydrogen-bond acceptors (Lipinski definition) is 5. The van der Waals surface area contributed by atoms with E-state index in [-0.39, 0.29) is 30.4 Å². The second-order valence-electron chi connectivity index (χ2n) is 12.5. The van der Waals surface area contributed by atoms with Crippen LogP contribution in [0.3, 0.4) is 0 Å². The van der Waals surface area contributed by atoms with Crippen molar-refractivity contribution in [3.8, 4) is 0 Å². The van der Waals surface area contributed by atoms with Gasteiger partial charge >= 0.3 is 6.03 Å². The quantitative estimate of drug-likeness (QED) is 0.427. The van der Waals surface area contributed by atoms with E-state index in [2.05, 4.69) is 24.1 Å². The molecule has 4 heterocycles. The predicted octanol–water partition coefficient (Wildman–Crippen LogP) is 4.47.